The van der Waals surface area contributed by atoms with Crippen LogP contribution in [0.5, 0.6) is 0 Å². The van der Waals surface area contributed by atoms with E-state index < -0.39 is 24.3 Å². The molecule has 2 aromatic rings. The summed E-state index contributed by atoms with van der Waals surface area (Å²) in [5, 5.41) is 8.38. The molecule has 130 valence electrons. The molecule has 0 radical (unpaired) electrons. The lowest BCUT2D eigenvalue weighted by molar-refractivity contribution is 0.00578. The molecule has 1 aromatic carbocycles. The van der Waals surface area contributed by atoms with Gasteiger partial charge in [0.2, 0.25) is 5.95 Å². The summed E-state index contributed by atoms with van der Waals surface area (Å²) in [6.45, 7) is 7.92. The maximum atomic E-state index is 13.4. The summed E-state index contributed by atoms with van der Waals surface area (Å²) < 4.78 is 25.5. The van der Waals surface area contributed by atoms with Crippen molar-refractivity contribution in [2.45, 2.75) is 38.9 Å². The van der Waals surface area contributed by atoms with Gasteiger partial charge >= 0.3 is 7.12 Å². The lowest BCUT2D eigenvalue weighted by atomic mass is 9.77. The van der Waals surface area contributed by atoms with Crippen LogP contribution in [0, 0.1) is 11.4 Å². The van der Waals surface area contributed by atoms with Crippen molar-refractivity contribution in [1.82, 2.24) is 4.98 Å². The maximum Gasteiger partial charge on any atom is 0.494 e. The van der Waals surface area contributed by atoms with Gasteiger partial charge in [-0.3, -0.25) is 5.41 Å². The van der Waals surface area contributed by atoms with Crippen LogP contribution in [0.2, 0.25) is 0 Å². The van der Waals surface area contributed by atoms with Gasteiger partial charge in [0, 0.05) is 29.1 Å². The number of nitrogens with zero attached hydrogens (tertiary/aromatic N) is 1. The first-order valence-corrected chi connectivity index (χ1v) is 8.07. The molecule has 3 rings (SSSR count). The molecule has 0 aliphatic carbocycles. The fraction of sp³-hybridized carbons (Fsp3) is 0.333. The smallest absolute Gasteiger partial charge is 0.399 e. The number of rotatable bonds is 3. The quantitative estimate of drug-likeness (QED) is 0.389. The van der Waals surface area contributed by atoms with Crippen molar-refractivity contribution in [3.8, 4) is 0 Å². The molecule has 0 spiro atoms. The number of nitrogens with one attached hydrogen (secondary N) is 1. The predicted molar refractivity (Wildman–Crippen MR) is 96.7 cm³/mol. The molecule has 0 unspecified atom stereocenters. The molecule has 1 saturated heterocycles. The molecule has 0 atom stereocenters. The summed E-state index contributed by atoms with van der Waals surface area (Å²) in [7, 11) is -0.550. The molecule has 1 aliphatic heterocycles. The molecule has 1 aliphatic rings. The van der Waals surface area contributed by atoms with Crippen molar-refractivity contribution in [2.75, 3.05) is 5.73 Å². The molecule has 5 nitrogen and oxygen atoms in total. The topological polar surface area (TPSA) is 81.2 Å². The third-order valence-corrected chi connectivity index (χ3v) is 4.89. The molecule has 0 saturated carbocycles. The van der Waals surface area contributed by atoms with Gasteiger partial charge in [-0.1, -0.05) is 12.1 Å². The molecule has 3 N–H and O–H groups in total. The summed E-state index contributed by atoms with van der Waals surface area (Å²) in [5.74, 6) is -0.636. The van der Waals surface area contributed by atoms with E-state index in [-0.39, 0.29) is 5.71 Å². The van der Waals surface area contributed by atoms with Gasteiger partial charge in [0.15, 0.2) is 0 Å². The Bertz CT molecular complexity index is 823. The lowest BCUT2D eigenvalue weighted by Gasteiger charge is -2.32. The Labute approximate surface area is 147 Å². The van der Waals surface area contributed by atoms with E-state index in [0.717, 1.165) is 5.46 Å². The van der Waals surface area contributed by atoms with Crippen LogP contribution in [0.3, 0.4) is 0 Å². The highest BCUT2D eigenvalue weighted by atomic mass is 19.1. The minimum absolute atomic E-state index is 0.122. The first-order chi connectivity index (χ1) is 11.6. The Morgan fingerprint density at radius 1 is 1.12 bits per heavy atom. The van der Waals surface area contributed by atoms with Crippen LogP contribution in [0.25, 0.3) is 0 Å². The highest BCUT2D eigenvalue weighted by molar-refractivity contribution is 6.62. The number of halogens is 1. The molecular weight excluding hydrogens is 320 g/mol. The number of nitrogen functional groups attached to an aromatic ring is 1. The SMILES string of the molecule is CC1(C)OB(c2ccc(N)c(C(=N)c3ccnc(F)c3)c2)OC1(C)C. The van der Waals surface area contributed by atoms with E-state index in [1.165, 1.54) is 12.3 Å². The second-order valence-electron chi connectivity index (χ2n) is 7.18. The number of benzene rings is 1. The van der Waals surface area contributed by atoms with Crippen LogP contribution >= 0.6 is 0 Å². The van der Waals surface area contributed by atoms with E-state index in [1.807, 2.05) is 33.8 Å². The van der Waals surface area contributed by atoms with Crippen LogP contribution < -0.4 is 11.2 Å². The van der Waals surface area contributed by atoms with E-state index in [9.17, 15) is 4.39 Å². The predicted octanol–water partition coefficient (Wildman–Crippen LogP) is 2.52. The van der Waals surface area contributed by atoms with E-state index >= 15 is 0 Å². The molecule has 1 aromatic heterocycles. The number of hydrogen-bond donors (Lipinski definition) is 2. The van der Waals surface area contributed by atoms with Crippen molar-refractivity contribution >= 4 is 24.0 Å². The van der Waals surface area contributed by atoms with Crippen molar-refractivity contribution in [3.05, 3.63) is 53.6 Å². The molecule has 0 amide bonds. The van der Waals surface area contributed by atoms with Crippen LogP contribution in [0.15, 0.2) is 36.5 Å². The van der Waals surface area contributed by atoms with Gasteiger partial charge in [-0.15, -0.1) is 0 Å². The lowest BCUT2D eigenvalue weighted by Crippen LogP contribution is -2.41. The maximum absolute atomic E-state index is 13.4. The van der Waals surface area contributed by atoms with Crippen LogP contribution in [-0.2, 0) is 9.31 Å². The minimum atomic E-state index is -0.636. The Morgan fingerprint density at radius 2 is 1.76 bits per heavy atom. The zero-order valence-electron chi connectivity index (χ0n) is 14.8. The third kappa shape index (κ3) is 3.17. The third-order valence-electron chi connectivity index (χ3n) is 4.89. The normalized spacial score (nSPS) is 18.4. The fourth-order valence-corrected chi connectivity index (χ4v) is 2.63. The second kappa shape index (κ2) is 5.93. The number of aromatic nitrogens is 1. The highest BCUT2D eigenvalue weighted by Crippen LogP contribution is 2.36. The van der Waals surface area contributed by atoms with Gasteiger partial charge in [0.1, 0.15) is 0 Å². The van der Waals surface area contributed by atoms with Gasteiger partial charge in [0.25, 0.3) is 0 Å². The first kappa shape index (κ1) is 17.6. The zero-order chi connectivity index (χ0) is 18.4. The van der Waals surface area contributed by atoms with Gasteiger partial charge in [-0.25, -0.2) is 4.98 Å². The van der Waals surface area contributed by atoms with E-state index in [1.54, 1.807) is 18.2 Å². The summed E-state index contributed by atoms with van der Waals surface area (Å²) in [6, 6.07) is 8.08. The van der Waals surface area contributed by atoms with Gasteiger partial charge in [-0.05, 0) is 45.3 Å². The van der Waals surface area contributed by atoms with Crippen molar-refractivity contribution in [2.24, 2.45) is 0 Å². The summed E-state index contributed by atoms with van der Waals surface area (Å²) in [4.78, 5) is 3.52. The number of pyridine rings is 1. The Kier molecular flexibility index (Phi) is 4.17. The largest absolute Gasteiger partial charge is 0.494 e. The van der Waals surface area contributed by atoms with Crippen LogP contribution in [0.4, 0.5) is 10.1 Å². The van der Waals surface area contributed by atoms with E-state index in [2.05, 4.69) is 4.98 Å². The Morgan fingerprint density at radius 3 is 2.36 bits per heavy atom. The monoisotopic (exact) mass is 341 g/mol. The first-order valence-electron chi connectivity index (χ1n) is 8.07. The molecular formula is C18H21BFN3O2. The summed E-state index contributed by atoms with van der Waals surface area (Å²) >= 11 is 0. The van der Waals surface area contributed by atoms with Gasteiger partial charge < -0.3 is 15.0 Å². The van der Waals surface area contributed by atoms with Crippen molar-refractivity contribution in [3.63, 3.8) is 0 Å². The number of hydrogen-bond acceptors (Lipinski definition) is 5. The Balaban J connectivity index is 1.96. The van der Waals surface area contributed by atoms with Crippen LogP contribution in [0.1, 0.15) is 38.8 Å². The van der Waals surface area contributed by atoms with Crippen molar-refractivity contribution < 1.29 is 13.7 Å². The molecule has 7 heteroatoms. The van der Waals surface area contributed by atoms with E-state index in [4.69, 9.17) is 20.5 Å². The Hall–Kier alpha value is -2.25. The number of nitrogens with two attached hydrogens (primary N) is 1. The van der Waals surface area contributed by atoms with E-state index in [0.29, 0.717) is 16.8 Å². The minimum Gasteiger partial charge on any atom is -0.399 e. The molecule has 1 fully saturated rings. The average Bonchev–Trinajstić information content (AvgIpc) is 2.75. The summed E-state index contributed by atoms with van der Waals surface area (Å²) in [6.07, 6.45) is 1.33. The molecule has 2 heterocycles. The van der Waals surface area contributed by atoms with Gasteiger partial charge in [0.05, 0.1) is 16.9 Å². The standard InChI is InChI=1S/C18H21BFN3O2/c1-17(2)18(3,4)25-19(24-17)12-5-6-14(21)13(10-12)16(22)11-7-8-23-15(20)9-11/h5-10,22H,21H2,1-4H3. The summed E-state index contributed by atoms with van der Waals surface area (Å²) in [5.41, 5.74) is 7.35. The molecule has 25 heavy (non-hydrogen) atoms. The second-order valence-corrected chi connectivity index (χ2v) is 7.18. The zero-order valence-corrected chi connectivity index (χ0v) is 14.8. The highest BCUT2D eigenvalue weighted by Gasteiger charge is 2.51. The molecule has 0 bridgehead atoms. The average molecular weight is 341 g/mol. The van der Waals surface area contributed by atoms with Crippen LogP contribution in [-0.4, -0.2) is 29.0 Å². The fourth-order valence-electron chi connectivity index (χ4n) is 2.63. The number of anilines is 1. The van der Waals surface area contributed by atoms with Gasteiger partial charge in [-0.2, -0.15) is 4.39 Å². The van der Waals surface area contributed by atoms with Crippen molar-refractivity contribution in [1.29, 1.82) is 5.41 Å².